The van der Waals surface area contributed by atoms with Crippen molar-refractivity contribution in [1.29, 1.82) is 0 Å². The smallest absolute Gasteiger partial charge is 0.285 e. The lowest BCUT2D eigenvalue weighted by atomic mass is 10.1. The van der Waals surface area contributed by atoms with Crippen molar-refractivity contribution in [3.63, 3.8) is 0 Å². The molecule has 0 radical (unpaired) electrons. The largest absolute Gasteiger partial charge is 0.494 e. The van der Waals surface area contributed by atoms with Crippen LogP contribution in [0, 0.1) is 0 Å². The van der Waals surface area contributed by atoms with E-state index in [1.54, 1.807) is 12.1 Å². The van der Waals surface area contributed by atoms with Crippen molar-refractivity contribution in [2.24, 2.45) is 0 Å². The highest BCUT2D eigenvalue weighted by Crippen LogP contribution is 2.30. The molecule has 4 nitrogen and oxygen atoms in total. The molecule has 6 heteroatoms. The van der Waals surface area contributed by atoms with Crippen molar-refractivity contribution in [2.75, 3.05) is 26.2 Å². The van der Waals surface area contributed by atoms with Gasteiger partial charge in [-0.15, -0.1) is 0 Å². The van der Waals surface area contributed by atoms with Gasteiger partial charge in [0.15, 0.2) is 6.29 Å². The van der Waals surface area contributed by atoms with Gasteiger partial charge in [0, 0.05) is 18.7 Å². The normalized spacial score (nSPS) is 16.7. The molecule has 128 valence electrons. The fourth-order valence-electron chi connectivity index (χ4n) is 2.36. The van der Waals surface area contributed by atoms with E-state index in [1.807, 2.05) is 11.8 Å². The summed E-state index contributed by atoms with van der Waals surface area (Å²) in [6, 6.07) is 6.00. The Hall–Kier alpha value is -1.53. The first-order valence-corrected chi connectivity index (χ1v) is 8.10. The highest BCUT2D eigenvalue weighted by atomic mass is 19.3. The molecule has 1 aromatic rings. The van der Waals surface area contributed by atoms with Crippen LogP contribution in [0.25, 0.3) is 0 Å². The topological polar surface area (TPSA) is 41.6 Å². The Kier molecular flexibility index (Phi) is 6.47. The first kappa shape index (κ1) is 17.8. The SMILES string of the molecule is CCCCOc1cccc(C(F)(F)CNC(C=O)N2CCC2)c1. The third-order valence-electron chi connectivity index (χ3n) is 3.97. The summed E-state index contributed by atoms with van der Waals surface area (Å²) in [5.74, 6) is -2.61. The van der Waals surface area contributed by atoms with Gasteiger partial charge in [-0.25, -0.2) is 0 Å². The van der Waals surface area contributed by atoms with Crippen molar-refractivity contribution in [3.8, 4) is 5.75 Å². The third-order valence-corrected chi connectivity index (χ3v) is 3.97. The number of likely N-dealkylation sites (tertiary alicyclic amines) is 1. The van der Waals surface area contributed by atoms with Crippen LogP contribution in [0.1, 0.15) is 31.7 Å². The van der Waals surface area contributed by atoms with Gasteiger partial charge in [0.25, 0.3) is 5.92 Å². The number of benzene rings is 1. The molecule has 0 bridgehead atoms. The number of aldehydes is 1. The minimum atomic E-state index is -3.06. The van der Waals surface area contributed by atoms with E-state index in [0.717, 1.165) is 32.4 Å². The summed E-state index contributed by atoms with van der Waals surface area (Å²) in [7, 11) is 0. The highest BCUT2D eigenvalue weighted by molar-refractivity contribution is 5.57. The predicted molar refractivity (Wildman–Crippen MR) is 84.8 cm³/mol. The van der Waals surface area contributed by atoms with Crippen LogP contribution < -0.4 is 10.1 Å². The van der Waals surface area contributed by atoms with Crippen LogP contribution in [0.2, 0.25) is 0 Å². The van der Waals surface area contributed by atoms with Gasteiger partial charge in [0.05, 0.1) is 13.2 Å². The number of carbonyl (C=O) groups is 1. The quantitative estimate of drug-likeness (QED) is 0.530. The second kappa shape index (κ2) is 8.36. The fourth-order valence-corrected chi connectivity index (χ4v) is 2.36. The van der Waals surface area contributed by atoms with Crippen LogP contribution in [0.15, 0.2) is 24.3 Å². The van der Waals surface area contributed by atoms with Crippen LogP contribution in [-0.4, -0.2) is 43.6 Å². The lowest BCUT2D eigenvalue weighted by molar-refractivity contribution is -0.116. The molecule has 1 aliphatic heterocycles. The van der Waals surface area contributed by atoms with E-state index < -0.39 is 18.6 Å². The summed E-state index contributed by atoms with van der Waals surface area (Å²) < 4.78 is 34.2. The lowest BCUT2D eigenvalue weighted by Crippen LogP contribution is -2.54. The molecule has 0 saturated carbocycles. The molecular weight excluding hydrogens is 302 g/mol. The Balaban J connectivity index is 1.94. The summed E-state index contributed by atoms with van der Waals surface area (Å²) in [5, 5.41) is 2.65. The number of hydrogen-bond acceptors (Lipinski definition) is 4. The molecule has 1 aliphatic rings. The molecule has 0 aromatic heterocycles. The van der Waals surface area contributed by atoms with Gasteiger partial charge in [-0.2, -0.15) is 8.78 Å². The van der Waals surface area contributed by atoms with Gasteiger partial charge < -0.3 is 9.53 Å². The zero-order valence-electron chi connectivity index (χ0n) is 13.4. The number of nitrogens with zero attached hydrogens (tertiary/aromatic N) is 1. The van der Waals surface area contributed by atoms with Gasteiger partial charge in [0.1, 0.15) is 11.9 Å². The first-order valence-electron chi connectivity index (χ1n) is 8.10. The molecule has 1 aromatic carbocycles. The predicted octanol–water partition coefficient (Wildman–Crippen LogP) is 2.78. The number of alkyl halides is 2. The van der Waals surface area contributed by atoms with E-state index in [2.05, 4.69) is 5.32 Å². The average Bonchev–Trinajstić information content (AvgIpc) is 2.50. The van der Waals surface area contributed by atoms with Crippen LogP contribution in [0.5, 0.6) is 5.75 Å². The number of unbranched alkanes of at least 4 members (excludes halogenated alkanes) is 1. The summed E-state index contributed by atoms with van der Waals surface area (Å²) >= 11 is 0. The number of nitrogens with one attached hydrogen (secondary N) is 1. The van der Waals surface area contributed by atoms with Crippen molar-refractivity contribution in [1.82, 2.24) is 10.2 Å². The van der Waals surface area contributed by atoms with Crippen LogP contribution in [0.4, 0.5) is 8.78 Å². The van der Waals surface area contributed by atoms with Gasteiger partial charge in [-0.3, -0.25) is 10.2 Å². The third kappa shape index (κ3) is 4.97. The minimum Gasteiger partial charge on any atom is -0.494 e. The Morgan fingerprint density at radius 3 is 2.83 bits per heavy atom. The van der Waals surface area contributed by atoms with Gasteiger partial charge in [-0.05, 0) is 25.0 Å². The number of carbonyl (C=O) groups excluding carboxylic acids is 1. The minimum absolute atomic E-state index is 0.104. The van der Waals surface area contributed by atoms with Crippen molar-refractivity contribution >= 4 is 6.29 Å². The molecule has 1 unspecified atom stereocenters. The maximum Gasteiger partial charge on any atom is 0.285 e. The standard InChI is InChI=1S/C17H24F2N2O2/c1-2-3-10-23-15-7-4-6-14(11-15)17(18,19)13-20-16(12-22)21-8-5-9-21/h4,6-7,11-12,16,20H,2-3,5,8-10,13H2,1H3. The van der Waals surface area contributed by atoms with Crippen molar-refractivity contribution in [3.05, 3.63) is 29.8 Å². The Morgan fingerprint density at radius 1 is 1.43 bits per heavy atom. The summed E-state index contributed by atoms with van der Waals surface area (Å²) in [6.45, 7) is 3.52. The summed E-state index contributed by atoms with van der Waals surface area (Å²) in [4.78, 5) is 12.9. The van der Waals surface area contributed by atoms with E-state index >= 15 is 0 Å². The van der Waals surface area contributed by atoms with E-state index in [1.165, 1.54) is 12.1 Å². The second-order valence-corrected chi connectivity index (χ2v) is 5.79. The number of halogens is 2. The monoisotopic (exact) mass is 326 g/mol. The van der Waals surface area contributed by atoms with Crippen LogP contribution in [-0.2, 0) is 10.7 Å². The molecule has 0 amide bonds. The second-order valence-electron chi connectivity index (χ2n) is 5.79. The van der Waals surface area contributed by atoms with E-state index in [-0.39, 0.29) is 5.56 Å². The van der Waals surface area contributed by atoms with Gasteiger partial charge >= 0.3 is 0 Å². The fraction of sp³-hybridized carbons (Fsp3) is 0.588. The number of hydrogen-bond donors (Lipinski definition) is 1. The van der Waals surface area contributed by atoms with Crippen molar-refractivity contribution < 1.29 is 18.3 Å². The first-order chi connectivity index (χ1) is 11.1. The van der Waals surface area contributed by atoms with Gasteiger partial charge in [-0.1, -0.05) is 25.5 Å². The molecule has 23 heavy (non-hydrogen) atoms. The summed E-state index contributed by atoms with van der Waals surface area (Å²) in [6.07, 6.45) is 2.92. The Morgan fingerprint density at radius 2 is 2.22 bits per heavy atom. The molecule has 0 aliphatic carbocycles. The van der Waals surface area contributed by atoms with Crippen LogP contribution >= 0.6 is 0 Å². The van der Waals surface area contributed by atoms with E-state index in [4.69, 9.17) is 4.74 Å². The van der Waals surface area contributed by atoms with E-state index in [0.29, 0.717) is 18.6 Å². The molecule has 1 atom stereocenters. The molecule has 1 heterocycles. The average molecular weight is 326 g/mol. The van der Waals surface area contributed by atoms with Crippen LogP contribution in [0.3, 0.4) is 0 Å². The van der Waals surface area contributed by atoms with E-state index in [9.17, 15) is 13.6 Å². The maximum absolute atomic E-state index is 14.4. The van der Waals surface area contributed by atoms with Crippen molar-refractivity contribution in [2.45, 2.75) is 38.3 Å². The number of rotatable bonds is 10. The highest BCUT2D eigenvalue weighted by Gasteiger charge is 2.34. The molecule has 1 N–H and O–H groups in total. The molecule has 2 rings (SSSR count). The Bertz CT molecular complexity index is 507. The Labute approximate surface area is 135 Å². The molecule has 1 fully saturated rings. The zero-order valence-corrected chi connectivity index (χ0v) is 13.4. The summed E-state index contributed by atoms with van der Waals surface area (Å²) in [5.41, 5.74) is -0.104. The molecular formula is C17H24F2N2O2. The van der Waals surface area contributed by atoms with Gasteiger partial charge in [0.2, 0.25) is 0 Å². The number of ether oxygens (including phenoxy) is 1. The maximum atomic E-state index is 14.4. The molecule has 0 spiro atoms. The lowest BCUT2D eigenvalue weighted by Gasteiger charge is -2.36. The zero-order chi connectivity index (χ0) is 16.7. The molecule has 1 saturated heterocycles.